The molecule has 0 bridgehead atoms. The van der Waals surface area contributed by atoms with Gasteiger partial charge in [-0.05, 0) is 25.0 Å². The van der Waals surface area contributed by atoms with E-state index in [-0.39, 0.29) is 12.4 Å². The lowest BCUT2D eigenvalue weighted by atomic mass is 9.92. The number of anilines is 1. The van der Waals surface area contributed by atoms with E-state index >= 15 is 0 Å². The van der Waals surface area contributed by atoms with Crippen molar-refractivity contribution in [1.29, 1.82) is 0 Å². The highest BCUT2D eigenvalue weighted by Gasteiger charge is 2.33. The number of benzene rings is 1. The van der Waals surface area contributed by atoms with E-state index in [2.05, 4.69) is 15.2 Å². The second kappa shape index (κ2) is 5.01. The van der Waals surface area contributed by atoms with Crippen molar-refractivity contribution in [3.05, 3.63) is 41.5 Å². The summed E-state index contributed by atoms with van der Waals surface area (Å²) in [6, 6.07) is 7.31. The van der Waals surface area contributed by atoms with Gasteiger partial charge in [-0.1, -0.05) is 18.2 Å². The summed E-state index contributed by atoms with van der Waals surface area (Å²) in [4.78, 5) is 29.3. The molecular formula is C14H14N4O3. The van der Waals surface area contributed by atoms with Gasteiger partial charge in [-0.2, -0.15) is 0 Å². The Kier molecular flexibility index (Phi) is 3.17. The second-order valence-electron chi connectivity index (χ2n) is 5.03. The first-order valence-electron chi connectivity index (χ1n) is 6.58. The van der Waals surface area contributed by atoms with Gasteiger partial charge >= 0.3 is 5.97 Å². The fourth-order valence-electron chi connectivity index (χ4n) is 2.51. The molecule has 108 valence electrons. The van der Waals surface area contributed by atoms with E-state index in [1.807, 2.05) is 24.3 Å². The first kappa shape index (κ1) is 13.3. The van der Waals surface area contributed by atoms with Crippen molar-refractivity contribution in [3.63, 3.8) is 0 Å². The van der Waals surface area contributed by atoms with Gasteiger partial charge < -0.3 is 10.0 Å². The third-order valence-electron chi connectivity index (χ3n) is 3.53. The molecule has 1 unspecified atom stereocenters. The number of H-pyrrole nitrogens is 1. The third kappa shape index (κ3) is 2.37. The minimum Gasteiger partial charge on any atom is -0.481 e. The van der Waals surface area contributed by atoms with Crippen LogP contribution >= 0.6 is 0 Å². The van der Waals surface area contributed by atoms with Crippen molar-refractivity contribution < 1.29 is 14.7 Å². The number of rotatable bonds is 2. The van der Waals surface area contributed by atoms with Crippen LogP contribution in [-0.4, -0.2) is 38.7 Å². The minimum atomic E-state index is -0.909. The van der Waals surface area contributed by atoms with Gasteiger partial charge in [0.1, 0.15) is 5.82 Å². The Morgan fingerprint density at radius 3 is 2.81 bits per heavy atom. The van der Waals surface area contributed by atoms with Gasteiger partial charge in [0.05, 0.1) is 5.92 Å². The minimum absolute atomic E-state index is 0.0494. The first-order valence-corrected chi connectivity index (χ1v) is 6.58. The molecule has 0 spiro atoms. The van der Waals surface area contributed by atoms with Gasteiger partial charge in [-0.3, -0.25) is 14.7 Å². The van der Waals surface area contributed by atoms with E-state index < -0.39 is 17.8 Å². The van der Waals surface area contributed by atoms with E-state index in [1.54, 1.807) is 6.92 Å². The molecular weight excluding hydrogens is 272 g/mol. The molecule has 0 fully saturated rings. The van der Waals surface area contributed by atoms with Crippen LogP contribution in [0.1, 0.15) is 22.0 Å². The summed E-state index contributed by atoms with van der Waals surface area (Å²) in [5.41, 5.74) is 1.57. The number of aliphatic carboxylic acids is 1. The Labute approximate surface area is 120 Å². The molecule has 0 saturated carbocycles. The molecule has 0 aliphatic carbocycles. The average molecular weight is 286 g/mol. The quantitative estimate of drug-likeness (QED) is 0.858. The lowest BCUT2D eigenvalue weighted by Crippen LogP contribution is -2.43. The zero-order valence-electron chi connectivity index (χ0n) is 11.4. The Morgan fingerprint density at radius 1 is 1.38 bits per heavy atom. The Bertz CT molecular complexity index is 710. The maximum absolute atomic E-state index is 12.5. The summed E-state index contributed by atoms with van der Waals surface area (Å²) in [7, 11) is 0. The van der Waals surface area contributed by atoms with Crippen molar-refractivity contribution >= 4 is 17.6 Å². The van der Waals surface area contributed by atoms with E-state index in [9.17, 15) is 14.7 Å². The van der Waals surface area contributed by atoms with Gasteiger partial charge in [0, 0.05) is 12.2 Å². The monoisotopic (exact) mass is 286 g/mol. The third-order valence-corrected chi connectivity index (χ3v) is 3.53. The number of hydrogen-bond donors (Lipinski definition) is 2. The van der Waals surface area contributed by atoms with E-state index in [1.165, 1.54) is 4.90 Å². The zero-order valence-corrected chi connectivity index (χ0v) is 11.4. The maximum Gasteiger partial charge on any atom is 0.308 e. The number of aromatic amines is 1. The number of fused-ring (bicyclic) bond motifs is 1. The number of hydrogen-bond acceptors (Lipinski definition) is 4. The molecule has 1 atom stereocenters. The van der Waals surface area contributed by atoms with Crippen LogP contribution in [0.2, 0.25) is 0 Å². The SMILES string of the molecule is Cc1nc(C(=O)N2CC(C(=O)O)Cc3ccccc32)n[nH]1. The largest absolute Gasteiger partial charge is 0.481 e. The molecule has 2 aromatic rings. The molecule has 7 nitrogen and oxygen atoms in total. The van der Waals surface area contributed by atoms with Crippen LogP contribution in [0.5, 0.6) is 0 Å². The lowest BCUT2D eigenvalue weighted by Gasteiger charge is -2.32. The summed E-state index contributed by atoms with van der Waals surface area (Å²) in [5, 5.41) is 15.7. The smallest absolute Gasteiger partial charge is 0.308 e. The molecule has 3 rings (SSSR count). The van der Waals surface area contributed by atoms with Crippen LogP contribution in [0.15, 0.2) is 24.3 Å². The van der Waals surface area contributed by atoms with Gasteiger partial charge in [0.25, 0.3) is 5.91 Å². The molecule has 0 radical (unpaired) electrons. The maximum atomic E-state index is 12.5. The number of carboxylic acids is 1. The molecule has 21 heavy (non-hydrogen) atoms. The van der Waals surface area contributed by atoms with Gasteiger partial charge in [-0.25, -0.2) is 4.98 Å². The highest BCUT2D eigenvalue weighted by molar-refractivity contribution is 6.04. The van der Waals surface area contributed by atoms with E-state index in [0.717, 1.165) is 11.3 Å². The Balaban J connectivity index is 2.00. The summed E-state index contributed by atoms with van der Waals surface area (Å²) in [6.45, 7) is 1.83. The summed E-state index contributed by atoms with van der Waals surface area (Å²) in [6.07, 6.45) is 0.419. The van der Waals surface area contributed by atoms with Crippen molar-refractivity contribution in [1.82, 2.24) is 15.2 Å². The number of carboxylic acid groups (broad SMARTS) is 1. The summed E-state index contributed by atoms with van der Waals surface area (Å²) >= 11 is 0. The van der Waals surface area contributed by atoms with Crippen molar-refractivity contribution in [3.8, 4) is 0 Å². The number of aryl methyl sites for hydroxylation is 1. The number of carbonyl (C=O) groups excluding carboxylic acids is 1. The average Bonchev–Trinajstić information content (AvgIpc) is 2.92. The highest BCUT2D eigenvalue weighted by Crippen LogP contribution is 2.30. The summed E-state index contributed by atoms with van der Waals surface area (Å²) < 4.78 is 0. The molecule has 0 saturated heterocycles. The van der Waals surface area contributed by atoms with Crippen LogP contribution in [0.25, 0.3) is 0 Å². The number of aromatic nitrogens is 3. The molecule has 1 amide bonds. The summed E-state index contributed by atoms with van der Waals surface area (Å²) in [5.74, 6) is -1.33. The predicted molar refractivity (Wildman–Crippen MR) is 74.1 cm³/mol. The first-order chi connectivity index (χ1) is 10.1. The predicted octanol–water partition coefficient (Wildman–Crippen LogP) is 1.02. The molecule has 1 aliphatic rings. The van der Waals surface area contributed by atoms with Crippen molar-refractivity contribution in [2.45, 2.75) is 13.3 Å². The number of nitrogens with one attached hydrogen (secondary N) is 1. The van der Waals surface area contributed by atoms with Crippen molar-refractivity contribution in [2.75, 3.05) is 11.4 Å². The molecule has 2 heterocycles. The van der Waals surface area contributed by atoms with Gasteiger partial charge in [0.2, 0.25) is 5.82 Å². The second-order valence-corrected chi connectivity index (χ2v) is 5.03. The number of carbonyl (C=O) groups is 2. The lowest BCUT2D eigenvalue weighted by molar-refractivity contribution is -0.141. The van der Waals surface area contributed by atoms with Crippen LogP contribution in [-0.2, 0) is 11.2 Å². The molecule has 1 aliphatic heterocycles. The van der Waals surface area contributed by atoms with Crippen LogP contribution in [0, 0.1) is 12.8 Å². The standard InChI is InChI=1S/C14H14N4O3/c1-8-15-12(17-16-8)13(19)18-7-10(14(20)21)6-9-4-2-3-5-11(9)18/h2-5,10H,6-7H2,1H3,(H,20,21)(H,15,16,17). The fraction of sp³-hybridized carbons (Fsp3) is 0.286. The van der Waals surface area contributed by atoms with E-state index in [4.69, 9.17) is 0 Å². The highest BCUT2D eigenvalue weighted by atomic mass is 16.4. The topological polar surface area (TPSA) is 99.2 Å². The van der Waals surface area contributed by atoms with Gasteiger partial charge in [-0.15, -0.1) is 5.10 Å². The fourth-order valence-corrected chi connectivity index (χ4v) is 2.51. The molecule has 7 heteroatoms. The Morgan fingerprint density at radius 2 is 2.14 bits per heavy atom. The van der Waals surface area contributed by atoms with Crippen LogP contribution in [0.3, 0.4) is 0 Å². The number of amides is 1. The van der Waals surface area contributed by atoms with Crippen LogP contribution < -0.4 is 4.90 Å². The molecule has 2 N–H and O–H groups in total. The van der Waals surface area contributed by atoms with Gasteiger partial charge in [0.15, 0.2) is 0 Å². The van der Waals surface area contributed by atoms with E-state index in [0.29, 0.717) is 12.2 Å². The number of para-hydroxylation sites is 1. The zero-order chi connectivity index (χ0) is 15.0. The Hall–Kier alpha value is -2.70. The molecule has 1 aromatic heterocycles. The molecule has 1 aromatic carbocycles. The van der Waals surface area contributed by atoms with Crippen LogP contribution in [0.4, 0.5) is 5.69 Å². The van der Waals surface area contributed by atoms with Crippen molar-refractivity contribution in [2.24, 2.45) is 5.92 Å². The normalized spacial score (nSPS) is 17.4. The number of nitrogens with zero attached hydrogens (tertiary/aromatic N) is 3.